The summed E-state index contributed by atoms with van der Waals surface area (Å²) in [6.07, 6.45) is 1.49. The Kier molecular flexibility index (Phi) is 4.94. The van der Waals surface area contributed by atoms with Crippen molar-refractivity contribution in [2.45, 2.75) is 32.7 Å². The second-order valence-electron chi connectivity index (χ2n) is 2.18. The van der Waals surface area contributed by atoms with E-state index in [-0.39, 0.29) is 5.97 Å². The normalized spacial score (nSPS) is 12.7. The van der Waals surface area contributed by atoms with Crippen LogP contribution in [0.1, 0.15) is 26.7 Å². The molecule has 2 N–H and O–H groups in total. The molecule has 0 aromatic rings. The molecule has 0 rings (SSSR count). The van der Waals surface area contributed by atoms with E-state index in [1.165, 1.54) is 0 Å². The molecule has 0 aliphatic heterocycles. The van der Waals surface area contributed by atoms with E-state index < -0.39 is 6.04 Å². The molecule has 1 atom stereocenters. The molecule has 3 nitrogen and oxygen atoms in total. The van der Waals surface area contributed by atoms with Gasteiger partial charge in [0.15, 0.2) is 0 Å². The maximum atomic E-state index is 10.8. The summed E-state index contributed by atoms with van der Waals surface area (Å²) in [5.41, 5.74) is 5.38. The van der Waals surface area contributed by atoms with Gasteiger partial charge in [0.05, 0.1) is 6.61 Å². The molecule has 0 aliphatic carbocycles. The molecule has 0 saturated heterocycles. The molecule has 60 valence electrons. The van der Waals surface area contributed by atoms with Crippen molar-refractivity contribution in [3.63, 3.8) is 0 Å². The topological polar surface area (TPSA) is 52.3 Å². The smallest absolute Gasteiger partial charge is 0.322 e. The van der Waals surface area contributed by atoms with Crippen LogP contribution in [0.2, 0.25) is 0 Å². The SMILES string of the molecule is CCCOC(=O)C(N)CC. The number of rotatable bonds is 4. The highest BCUT2D eigenvalue weighted by atomic mass is 16.5. The number of nitrogens with two attached hydrogens (primary N) is 1. The van der Waals surface area contributed by atoms with Gasteiger partial charge in [-0.3, -0.25) is 4.79 Å². The monoisotopic (exact) mass is 145 g/mol. The van der Waals surface area contributed by atoms with Crippen LogP contribution < -0.4 is 5.73 Å². The zero-order valence-electron chi connectivity index (χ0n) is 6.59. The van der Waals surface area contributed by atoms with Crippen molar-refractivity contribution >= 4 is 5.97 Å². The first-order chi connectivity index (χ1) is 4.72. The highest BCUT2D eigenvalue weighted by Gasteiger charge is 2.10. The first kappa shape index (κ1) is 9.43. The molecule has 3 heteroatoms. The fourth-order valence-corrected chi connectivity index (χ4v) is 0.476. The fraction of sp³-hybridized carbons (Fsp3) is 0.857. The third kappa shape index (κ3) is 3.45. The third-order valence-corrected chi connectivity index (χ3v) is 1.19. The molecule has 0 amide bonds. The van der Waals surface area contributed by atoms with Gasteiger partial charge in [-0.1, -0.05) is 13.8 Å². The lowest BCUT2D eigenvalue weighted by molar-refractivity contribution is -0.145. The van der Waals surface area contributed by atoms with Gasteiger partial charge in [-0.05, 0) is 12.8 Å². The Hall–Kier alpha value is -0.570. The summed E-state index contributed by atoms with van der Waals surface area (Å²) in [7, 11) is 0. The second-order valence-corrected chi connectivity index (χ2v) is 2.18. The van der Waals surface area contributed by atoms with Crippen LogP contribution in [0.3, 0.4) is 0 Å². The summed E-state index contributed by atoms with van der Waals surface area (Å²) < 4.78 is 4.78. The molecule has 10 heavy (non-hydrogen) atoms. The number of hydrogen-bond donors (Lipinski definition) is 1. The van der Waals surface area contributed by atoms with Crippen LogP contribution in [0.4, 0.5) is 0 Å². The second kappa shape index (κ2) is 5.23. The third-order valence-electron chi connectivity index (χ3n) is 1.19. The maximum Gasteiger partial charge on any atom is 0.322 e. The number of carbonyl (C=O) groups excluding carboxylic acids is 1. The molecule has 0 aliphatic rings. The highest BCUT2D eigenvalue weighted by molar-refractivity contribution is 5.75. The average molecular weight is 145 g/mol. The van der Waals surface area contributed by atoms with Gasteiger partial charge < -0.3 is 10.5 Å². The highest BCUT2D eigenvalue weighted by Crippen LogP contribution is 1.91. The number of hydrogen-bond acceptors (Lipinski definition) is 3. The lowest BCUT2D eigenvalue weighted by Crippen LogP contribution is -2.31. The standard InChI is InChI=1S/C7H15NO2/c1-3-5-10-7(9)6(8)4-2/h6H,3-5,8H2,1-2H3. The molecular weight excluding hydrogens is 130 g/mol. The lowest BCUT2D eigenvalue weighted by atomic mass is 10.2. The molecule has 0 radical (unpaired) electrons. The Labute approximate surface area is 61.5 Å². The van der Waals surface area contributed by atoms with Crippen LogP contribution in [-0.2, 0) is 9.53 Å². The molecule has 1 unspecified atom stereocenters. The molecule has 0 bridgehead atoms. The fourth-order valence-electron chi connectivity index (χ4n) is 0.476. The Bertz CT molecular complexity index is 104. The van der Waals surface area contributed by atoms with E-state index in [9.17, 15) is 4.79 Å². The van der Waals surface area contributed by atoms with Gasteiger partial charge in [0.25, 0.3) is 0 Å². The van der Waals surface area contributed by atoms with Crippen molar-refractivity contribution in [3.8, 4) is 0 Å². The van der Waals surface area contributed by atoms with E-state index in [1.807, 2.05) is 13.8 Å². The van der Waals surface area contributed by atoms with E-state index in [0.29, 0.717) is 13.0 Å². The molecule has 0 aromatic carbocycles. The minimum absolute atomic E-state index is 0.288. The molecule has 0 saturated carbocycles. The van der Waals surface area contributed by atoms with Gasteiger partial charge in [0, 0.05) is 0 Å². The van der Waals surface area contributed by atoms with Crippen LogP contribution in [0, 0.1) is 0 Å². The Balaban J connectivity index is 3.42. The van der Waals surface area contributed by atoms with Crippen molar-refractivity contribution < 1.29 is 9.53 Å². The van der Waals surface area contributed by atoms with E-state index in [0.717, 1.165) is 6.42 Å². The first-order valence-electron chi connectivity index (χ1n) is 3.64. The predicted octanol–water partition coefficient (Wildman–Crippen LogP) is 0.677. The van der Waals surface area contributed by atoms with Crippen molar-refractivity contribution in [1.29, 1.82) is 0 Å². The Morgan fingerprint density at radius 1 is 1.60 bits per heavy atom. The predicted molar refractivity (Wildman–Crippen MR) is 39.5 cm³/mol. The molecule has 0 heterocycles. The molecule has 0 aromatic heterocycles. The van der Waals surface area contributed by atoms with Crippen molar-refractivity contribution in [1.82, 2.24) is 0 Å². The Morgan fingerprint density at radius 2 is 2.20 bits per heavy atom. The van der Waals surface area contributed by atoms with E-state index >= 15 is 0 Å². The van der Waals surface area contributed by atoms with Crippen molar-refractivity contribution in [2.75, 3.05) is 6.61 Å². The Morgan fingerprint density at radius 3 is 2.60 bits per heavy atom. The molecular formula is C7H15NO2. The van der Waals surface area contributed by atoms with Crippen LogP contribution in [0.25, 0.3) is 0 Å². The van der Waals surface area contributed by atoms with Gasteiger partial charge in [-0.15, -0.1) is 0 Å². The number of ether oxygens (including phenoxy) is 1. The minimum atomic E-state index is -0.438. The lowest BCUT2D eigenvalue weighted by Gasteiger charge is -2.07. The van der Waals surface area contributed by atoms with Crippen LogP contribution in [0.5, 0.6) is 0 Å². The van der Waals surface area contributed by atoms with E-state index in [1.54, 1.807) is 0 Å². The zero-order valence-corrected chi connectivity index (χ0v) is 6.59. The van der Waals surface area contributed by atoms with Gasteiger partial charge in [-0.2, -0.15) is 0 Å². The van der Waals surface area contributed by atoms with Crippen LogP contribution >= 0.6 is 0 Å². The summed E-state index contributed by atoms with van der Waals surface area (Å²) in [5.74, 6) is -0.288. The minimum Gasteiger partial charge on any atom is -0.465 e. The summed E-state index contributed by atoms with van der Waals surface area (Å²) in [6.45, 7) is 4.29. The van der Waals surface area contributed by atoms with Crippen molar-refractivity contribution in [2.24, 2.45) is 5.73 Å². The van der Waals surface area contributed by atoms with Gasteiger partial charge >= 0.3 is 5.97 Å². The van der Waals surface area contributed by atoms with Crippen LogP contribution in [-0.4, -0.2) is 18.6 Å². The summed E-state index contributed by atoms with van der Waals surface area (Å²) >= 11 is 0. The van der Waals surface area contributed by atoms with E-state index in [2.05, 4.69) is 0 Å². The average Bonchev–Trinajstić information content (AvgIpc) is 1.98. The van der Waals surface area contributed by atoms with Gasteiger partial charge in [0.2, 0.25) is 0 Å². The summed E-state index contributed by atoms with van der Waals surface area (Å²) in [6, 6.07) is -0.438. The van der Waals surface area contributed by atoms with Crippen molar-refractivity contribution in [3.05, 3.63) is 0 Å². The summed E-state index contributed by atoms with van der Waals surface area (Å²) in [4.78, 5) is 10.8. The number of carbonyl (C=O) groups is 1. The molecule has 0 spiro atoms. The largest absolute Gasteiger partial charge is 0.465 e. The zero-order chi connectivity index (χ0) is 7.98. The summed E-state index contributed by atoms with van der Waals surface area (Å²) in [5, 5.41) is 0. The maximum absolute atomic E-state index is 10.8. The number of esters is 1. The van der Waals surface area contributed by atoms with E-state index in [4.69, 9.17) is 10.5 Å². The first-order valence-corrected chi connectivity index (χ1v) is 3.64. The van der Waals surface area contributed by atoms with Gasteiger partial charge in [0.1, 0.15) is 6.04 Å². The van der Waals surface area contributed by atoms with Gasteiger partial charge in [-0.25, -0.2) is 0 Å². The quantitative estimate of drug-likeness (QED) is 0.592. The van der Waals surface area contributed by atoms with Crippen LogP contribution in [0.15, 0.2) is 0 Å². The molecule has 0 fully saturated rings.